The van der Waals surface area contributed by atoms with Crippen molar-refractivity contribution in [3.05, 3.63) is 0 Å². The van der Waals surface area contributed by atoms with Gasteiger partial charge in [-0.05, 0) is 26.7 Å². The Hall–Kier alpha value is -0.370. The highest BCUT2D eigenvalue weighted by Gasteiger charge is 2.18. The van der Waals surface area contributed by atoms with E-state index in [0.717, 1.165) is 0 Å². The molecule has 1 aliphatic heterocycles. The highest BCUT2D eigenvalue weighted by molar-refractivity contribution is 5.76. The topological polar surface area (TPSA) is 29.1 Å². The van der Waals surface area contributed by atoms with Crippen molar-refractivity contribution < 1.29 is 4.79 Å². The van der Waals surface area contributed by atoms with Gasteiger partial charge in [-0.3, -0.25) is 4.79 Å². The van der Waals surface area contributed by atoms with Crippen LogP contribution in [0, 0.1) is 0 Å². The van der Waals surface area contributed by atoms with Gasteiger partial charge in [0.05, 0.1) is 0 Å². The number of piperidine rings is 1. The van der Waals surface area contributed by atoms with Gasteiger partial charge in [-0.2, -0.15) is 0 Å². The summed E-state index contributed by atoms with van der Waals surface area (Å²) in [6.07, 6.45) is 4.41. The highest BCUT2D eigenvalue weighted by Crippen LogP contribution is 2.14. The summed E-state index contributed by atoms with van der Waals surface area (Å²) >= 11 is 0. The van der Waals surface area contributed by atoms with Crippen molar-refractivity contribution in [3.8, 4) is 0 Å². The van der Waals surface area contributed by atoms with Crippen molar-refractivity contribution in [2.24, 2.45) is 0 Å². The number of rotatable bonds is 2. The molecule has 1 N–H and O–H groups in total. The van der Waals surface area contributed by atoms with Crippen molar-refractivity contribution in [2.45, 2.75) is 51.6 Å². The lowest BCUT2D eigenvalue weighted by Gasteiger charge is -2.27. The number of ketones is 1. The minimum atomic E-state index is 0.302. The molecule has 0 aromatic rings. The van der Waals surface area contributed by atoms with Gasteiger partial charge in [-0.1, -0.05) is 6.42 Å². The van der Waals surface area contributed by atoms with Gasteiger partial charge >= 0.3 is 0 Å². The van der Waals surface area contributed by atoms with Gasteiger partial charge in [0.1, 0.15) is 5.78 Å². The van der Waals surface area contributed by atoms with Gasteiger partial charge in [0.25, 0.3) is 0 Å². The number of Topliss-reactive ketones (excluding diaryl/α,β-unsaturated/α-hetero) is 1. The molecule has 1 saturated heterocycles. The Labute approximate surface area is 68.4 Å². The van der Waals surface area contributed by atoms with Crippen molar-refractivity contribution in [1.29, 1.82) is 0 Å². The monoisotopic (exact) mass is 155 g/mol. The van der Waals surface area contributed by atoms with E-state index in [2.05, 4.69) is 12.2 Å². The van der Waals surface area contributed by atoms with E-state index in [-0.39, 0.29) is 0 Å². The Bertz CT molecular complexity index is 144. The molecule has 1 aliphatic rings. The molecule has 1 heterocycles. The molecule has 64 valence electrons. The minimum absolute atomic E-state index is 0.302. The molecule has 0 spiro atoms. The van der Waals surface area contributed by atoms with E-state index in [1.165, 1.54) is 19.3 Å². The van der Waals surface area contributed by atoms with Gasteiger partial charge in [0.15, 0.2) is 0 Å². The zero-order chi connectivity index (χ0) is 8.27. The Kier molecular flexibility index (Phi) is 3.06. The van der Waals surface area contributed by atoms with E-state index >= 15 is 0 Å². The van der Waals surface area contributed by atoms with Gasteiger partial charge in [0, 0.05) is 18.5 Å². The quantitative estimate of drug-likeness (QED) is 0.654. The summed E-state index contributed by atoms with van der Waals surface area (Å²) in [7, 11) is 0. The second kappa shape index (κ2) is 3.86. The average Bonchev–Trinajstić information content (AvgIpc) is 1.85. The lowest BCUT2D eigenvalue weighted by Crippen LogP contribution is -2.41. The first-order valence-electron chi connectivity index (χ1n) is 4.44. The summed E-state index contributed by atoms with van der Waals surface area (Å²) in [6, 6.07) is 1.06. The number of hydrogen-bond acceptors (Lipinski definition) is 2. The highest BCUT2D eigenvalue weighted by atomic mass is 16.1. The summed E-state index contributed by atoms with van der Waals surface area (Å²) in [4.78, 5) is 10.8. The minimum Gasteiger partial charge on any atom is -0.311 e. The maximum Gasteiger partial charge on any atom is 0.131 e. The summed E-state index contributed by atoms with van der Waals surface area (Å²) in [5.74, 6) is 0.302. The summed E-state index contributed by atoms with van der Waals surface area (Å²) in [5.41, 5.74) is 0. The van der Waals surface area contributed by atoms with Crippen LogP contribution in [-0.4, -0.2) is 17.9 Å². The van der Waals surface area contributed by atoms with Gasteiger partial charge in [-0.25, -0.2) is 0 Å². The molecule has 0 saturated carbocycles. The smallest absolute Gasteiger partial charge is 0.131 e. The van der Waals surface area contributed by atoms with Crippen molar-refractivity contribution in [3.63, 3.8) is 0 Å². The molecular weight excluding hydrogens is 138 g/mol. The number of carbonyl (C=O) groups excluding carboxylic acids is 1. The first-order chi connectivity index (χ1) is 5.18. The first kappa shape index (κ1) is 8.72. The SMILES string of the molecule is CC(=O)C[C@H]1CCC[C@H](C)N1. The molecule has 0 radical (unpaired) electrons. The Morgan fingerprint density at radius 3 is 2.82 bits per heavy atom. The fourth-order valence-corrected chi connectivity index (χ4v) is 1.75. The van der Waals surface area contributed by atoms with Crippen LogP contribution in [0.4, 0.5) is 0 Å². The molecule has 0 aromatic heterocycles. The number of carbonyl (C=O) groups is 1. The lowest BCUT2D eigenvalue weighted by molar-refractivity contribution is -0.117. The fraction of sp³-hybridized carbons (Fsp3) is 0.889. The molecule has 2 nitrogen and oxygen atoms in total. The van der Waals surface area contributed by atoms with Crippen LogP contribution in [0.15, 0.2) is 0 Å². The van der Waals surface area contributed by atoms with E-state index in [4.69, 9.17) is 0 Å². The number of hydrogen-bond donors (Lipinski definition) is 1. The van der Waals surface area contributed by atoms with Crippen LogP contribution in [0.3, 0.4) is 0 Å². The Morgan fingerprint density at radius 1 is 1.55 bits per heavy atom. The molecule has 1 rings (SSSR count). The van der Waals surface area contributed by atoms with E-state index in [9.17, 15) is 4.79 Å². The normalized spacial score (nSPS) is 31.8. The Balaban J connectivity index is 2.28. The van der Waals surface area contributed by atoms with E-state index in [0.29, 0.717) is 24.3 Å². The van der Waals surface area contributed by atoms with Crippen molar-refractivity contribution in [1.82, 2.24) is 5.32 Å². The molecule has 2 atom stereocenters. The van der Waals surface area contributed by atoms with Crippen LogP contribution in [0.1, 0.15) is 39.5 Å². The standard InChI is InChI=1S/C9H17NO/c1-7-4-3-5-9(10-7)6-8(2)11/h7,9-10H,3-6H2,1-2H3/t7-,9+/m0/s1. The maximum absolute atomic E-state index is 10.8. The molecule has 0 unspecified atom stereocenters. The summed E-state index contributed by atoms with van der Waals surface area (Å²) in [6.45, 7) is 3.85. The molecule has 0 amide bonds. The first-order valence-corrected chi connectivity index (χ1v) is 4.44. The molecular formula is C9H17NO. The molecule has 0 aliphatic carbocycles. The molecule has 2 heteroatoms. The van der Waals surface area contributed by atoms with Crippen LogP contribution >= 0.6 is 0 Å². The van der Waals surface area contributed by atoms with Crippen LogP contribution in [0.5, 0.6) is 0 Å². The fourth-order valence-electron chi connectivity index (χ4n) is 1.75. The zero-order valence-electron chi connectivity index (χ0n) is 7.39. The van der Waals surface area contributed by atoms with Crippen molar-refractivity contribution in [2.75, 3.05) is 0 Å². The second-order valence-corrected chi connectivity index (χ2v) is 3.60. The second-order valence-electron chi connectivity index (χ2n) is 3.60. The Morgan fingerprint density at radius 2 is 2.27 bits per heavy atom. The third kappa shape index (κ3) is 3.02. The summed E-state index contributed by atoms with van der Waals surface area (Å²) < 4.78 is 0. The molecule has 11 heavy (non-hydrogen) atoms. The molecule has 0 bridgehead atoms. The van der Waals surface area contributed by atoms with Gasteiger partial charge in [0.2, 0.25) is 0 Å². The zero-order valence-corrected chi connectivity index (χ0v) is 7.39. The molecule has 0 aromatic carbocycles. The maximum atomic E-state index is 10.8. The largest absolute Gasteiger partial charge is 0.311 e. The third-order valence-electron chi connectivity index (χ3n) is 2.24. The predicted molar refractivity (Wildman–Crippen MR) is 45.5 cm³/mol. The van der Waals surface area contributed by atoms with Crippen LogP contribution in [0.25, 0.3) is 0 Å². The van der Waals surface area contributed by atoms with E-state index in [1.807, 2.05) is 0 Å². The van der Waals surface area contributed by atoms with Gasteiger partial charge in [-0.15, -0.1) is 0 Å². The van der Waals surface area contributed by atoms with Crippen molar-refractivity contribution >= 4 is 5.78 Å². The molecule has 1 fully saturated rings. The summed E-state index contributed by atoms with van der Waals surface area (Å²) in [5, 5.41) is 3.43. The third-order valence-corrected chi connectivity index (χ3v) is 2.24. The van der Waals surface area contributed by atoms with E-state index in [1.54, 1.807) is 6.92 Å². The van der Waals surface area contributed by atoms with Crippen LogP contribution in [-0.2, 0) is 4.79 Å². The predicted octanol–water partition coefficient (Wildman–Crippen LogP) is 1.50. The van der Waals surface area contributed by atoms with Crippen LogP contribution < -0.4 is 5.32 Å². The average molecular weight is 155 g/mol. The number of nitrogens with one attached hydrogen (secondary N) is 1. The van der Waals surface area contributed by atoms with Gasteiger partial charge < -0.3 is 5.32 Å². The van der Waals surface area contributed by atoms with E-state index < -0.39 is 0 Å². The lowest BCUT2D eigenvalue weighted by atomic mass is 9.96. The van der Waals surface area contributed by atoms with Crippen LogP contribution in [0.2, 0.25) is 0 Å².